The van der Waals surface area contributed by atoms with Crippen LogP contribution >= 0.6 is 15.9 Å². The Kier molecular flexibility index (Phi) is 3.87. The highest BCUT2D eigenvalue weighted by atomic mass is 79.9. The van der Waals surface area contributed by atoms with Gasteiger partial charge in [0, 0.05) is 23.5 Å². The molecule has 3 heteroatoms. The van der Waals surface area contributed by atoms with Crippen molar-refractivity contribution >= 4 is 21.8 Å². The zero-order chi connectivity index (χ0) is 12.4. The lowest BCUT2D eigenvalue weighted by molar-refractivity contribution is 0.0738. The van der Waals surface area contributed by atoms with E-state index in [0.29, 0.717) is 12.0 Å². The molecule has 0 spiro atoms. The molecule has 1 saturated heterocycles. The van der Waals surface area contributed by atoms with Crippen LogP contribution in [0.15, 0.2) is 24.3 Å². The minimum atomic E-state index is 0.169. The number of likely N-dealkylation sites (tertiary alicyclic amines) is 1. The van der Waals surface area contributed by atoms with E-state index >= 15 is 0 Å². The van der Waals surface area contributed by atoms with Crippen molar-refractivity contribution in [2.75, 3.05) is 11.9 Å². The van der Waals surface area contributed by atoms with E-state index in [1.807, 2.05) is 36.1 Å². The van der Waals surface area contributed by atoms with Crippen LogP contribution in [0.5, 0.6) is 0 Å². The Morgan fingerprint density at radius 1 is 1.53 bits per heavy atom. The van der Waals surface area contributed by atoms with Crippen molar-refractivity contribution in [3.8, 4) is 0 Å². The largest absolute Gasteiger partial charge is 0.335 e. The average Bonchev–Trinajstić information content (AvgIpc) is 2.69. The summed E-state index contributed by atoms with van der Waals surface area (Å²) in [5.41, 5.74) is 1.95. The molecule has 0 aliphatic carbocycles. The monoisotopic (exact) mass is 295 g/mol. The molecule has 1 fully saturated rings. The third-order valence-corrected chi connectivity index (χ3v) is 4.23. The second-order valence-corrected chi connectivity index (χ2v) is 5.50. The molecular formula is C14H18BrNO. The average molecular weight is 296 g/mol. The number of alkyl halides is 1. The second-order valence-electron chi connectivity index (χ2n) is 4.86. The maximum Gasteiger partial charge on any atom is 0.254 e. The Balaban J connectivity index is 2.20. The summed E-state index contributed by atoms with van der Waals surface area (Å²) < 4.78 is 0. The number of nitrogens with zero attached hydrogens (tertiary/aromatic N) is 1. The molecule has 0 bridgehead atoms. The van der Waals surface area contributed by atoms with Crippen LogP contribution in [0.4, 0.5) is 0 Å². The van der Waals surface area contributed by atoms with Gasteiger partial charge in [-0.05, 0) is 31.4 Å². The first-order valence-corrected chi connectivity index (χ1v) is 7.19. The van der Waals surface area contributed by atoms with Gasteiger partial charge in [0.05, 0.1) is 0 Å². The molecule has 1 aromatic carbocycles. The molecule has 2 atom stereocenters. The number of aryl methyl sites for hydroxylation is 1. The van der Waals surface area contributed by atoms with E-state index in [4.69, 9.17) is 0 Å². The standard InChI is InChI=1S/C14H18BrNO/c1-10-4-3-5-12(8-10)14(17)16-7-6-11(2)13(16)9-15/h3-5,8,11,13H,6-7,9H2,1-2H3. The highest BCUT2D eigenvalue weighted by Gasteiger charge is 2.33. The molecule has 1 heterocycles. The van der Waals surface area contributed by atoms with Gasteiger partial charge >= 0.3 is 0 Å². The fourth-order valence-corrected chi connectivity index (χ4v) is 3.43. The summed E-state index contributed by atoms with van der Waals surface area (Å²) in [6.07, 6.45) is 1.10. The van der Waals surface area contributed by atoms with Gasteiger partial charge < -0.3 is 4.90 Å². The molecule has 0 aromatic heterocycles. The SMILES string of the molecule is Cc1cccc(C(=O)N2CCC(C)C2CBr)c1. The summed E-state index contributed by atoms with van der Waals surface area (Å²) in [5.74, 6) is 0.755. The van der Waals surface area contributed by atoms with Gasteiger partial charge in [-0.3, -0.25) is 4.79 Å². The molecule has 2 rings (SSSR count). The van der Waals surface area contributed by atoms with Crippen molar-refractivity contribution < 1.29 is 4.79 Å². The summed E-state index contributed by atoms with van der Waals surface area (Å²) in [4.78, 5) is 14.4. The molecule has 0 saturated carbocycles. The molecule has 0 radical (unpaired) electrons. The van der Waals surface area contributed by atoms with Crippen LogP contribution in [0.25, 0.3) is 0 Å². The number of carbonyl (C=O) groups excluding carboxylic acids is 1. The Hall–Kier alpha value is -0.830. The fraction of sp³-hybridized carbons (Fsp3) is 0.500. The van der Waals surface area contributed by atoms with Crippen LogP contribution in [0, 0.1) is 12.8 Å². The summed E-state index contributed by atoms with van der Waals surface area (Å²) >= 11 is 3.52. The third-order valence-electron chi connectivity index (χ3n) is 3.57. The number of rotatable bonds is 2. The Bertz CT molecular complexity index is 418. The van der Waals surface area contributed by atoms with E-state index < -0.39 is 0 Å². The van der Waals surface area contributed by atoms with Crippen LogP contribution in [0.2, 0.25) is 0 Å². The quantitative estimate of drug-likeness (QED) is 0.767. The van der Waals surface area contributed by atoms with Gasteiger partial charge in [0.2, 0.25) is 0 Å². The predicted octanol–water partition coefficient (Wildman–Crippen LogP) is 3.24. The first kappa shape index (κ1) is 12.6. The fourth-order valence-electron chi connectivity index (χ4n) is 2.44. The van der Waals surface area contributed by atoms with Gasteiger partial charge in [0.1, 0.15) is 0 Å². The lowest BCUT2D eigenvalue weighted by atomic mass is 10.0. The van der Waals surface area contributed by atoms with Gasteiger partial charge in [-0.2, -0.15) is 0 Å². The molecular weight excluding hydrogens is 278 g/mol. The second kappa shape index (κ2) is 5.21. The van der Waals surface area contributed by atoms with Crippen LogP contribution in [-0.2, 0) is 0 Å². The maximum absolute atomic E-state index is 12.4. The van der Waals surface area contributed by atoms with Crippen molar-refractivity contribution in [1.29, 1.82) is 0 Å². The normalized spacial score (nSPS) is 24.1. The van der Waals surface area contributed by atoms with E-state index in [-0.39, 0.29) is 5.91 Å². The molecule has 2 nitrogen and oxygen atoms in total. The number of halogens is 1. The smallest absolute Gasteiger partial charge is 0.254 e. The molecule has 92 valence electrons. The number of amides is 1. The zero-order valence-electron chi connectivity index (χ0n) is 10.3. The van der Waals surface area contributed by atoms with Crippen molar-refractivity contribution in [3.63, 3.8) is 0 Å². The van der Waals surface area contributed by atoms with Gasteiger partial charge in [0.25, 0.3) is 5.91 Å². The lowest BCUT2D eigenvalue weighted by Gasteiger charge is -2.25. The number of carbonyl (C=O) groups is 1. The Morgan fingerprint density at radius 3 is 2.94 bits per heavy atom. The maximum atomic E-state index is 12.4. The van der Waals surface area contributed by atoms with Crippen LogP contribution < -0.4 is 0 Å². The summed E-state index contributed by atoms with van der Waals surface area (Å²) in [7, 11) is 0. The van der Waals surface area contributed by atoms with E-state index in [1.165, 1.54) is 0 Å². The van der Waals surface area contributed by atoms with E-state index in [2.05, 4.69) is 22.9 Å². The molecule has 1 aromatic rings. The van der Waals surface area contributed by atoms with Crippen molar-refractivity contribution in [2.45, 2.75) is 26.3 Å². The van der Waals surface area contributed by atoms with E-state index in [1.54, 1.807) is 0 Å². The summed E-state index contributed by atoms with van der Waals surface area (Å²) in [6, 6.07) is 8.18. The molecule has 1 aliphatic rings. The topological polar surface area (TPSA) is 20.3 Å². The van der Waals surface area contributed by atoms with E-state index in [9.17, 15) is 4.79 Å². The van der Waals surface area contributed by atoms with Crippen LogP contribution in [0.3, 0.4) is 0 Å². The molecule has 2 unspecified atom stereocenters. The summed E-state index contributed by atoms with van der Waals surface area (Å²) in [5, 5.41) is 0.867. The molecule has 1 aliphatic heterocycles. The van der Waals surface area contributed by atoms with Crippen molar-refractivity contribution in [1.82, 2.24) is 4.90 Å². The number of hydrogen-bond donors (Lipinski definition) is 0. The molecule has 0 N–H and O–H groups in total. The van der Waals surface area contributed by atoms with Gasteiger partial charge in [-0.1, -0.05) is 40.5 Å². The Labute approximate surface area is 111 Å². The minimum absolute atomic E-state index is 0.169. The van der Waals surface area contributed by atoms with Crippen molar-refractivity contribution in [2.24, 2.45) is 5.92 Å². The predicted molar refractivity (Wildman–Crippen MR) is 73.6 cm³/mol. The molecule has 1 amide bonds. The molecule has 17 heavy (non-hydrogen) atoms. The highest BCUT2D eigenvalue weighted by Crippen LogP contribution is 2.27. The first-order valence-electron chi connectivity index (χ1n) is 6.07. The van der Waals surface area contributed by atoms with E-state index in [0.717, 1.165) is 29.4 Å². The number of benzene rings is 1. The van der Waals surface area contributed by atoms with Gasteiger partial charge in [0.15, 0.2) is 0 Å². The van der Waals surface area contributed by atoms with Crippen LogP contribution in [-0.4, -0.2) is 28.7 Å². The summed E-state index contributed by atoms with van der Waals surface area (Å²) in [6.45, 7) is 5.12. The van der Waals surface area contributed by atoms with Gasteiger partial charge in [-0.25, -0.2) is 0 Å². The van der Waals surface area contributed by atoms with Crippen molar-refractivity contribution in [3.05, 3.63) is 35.4 Å². The minimum Gasteiger partial charge on any atom is -0.335 e. The zero-order valence-corrected chi connectivity index (χ0v) is 11.9. The van der Waals surface area contributed by atoms with Gasteiger partial charge in [-0.15, -0.1) is 0 Å². The third kappa shape index (κ3) is 2.54. The first-order chi connectivity index (χ1) is 8.13. The number of hydrogen-bond acceptors (Lipinski definition) is 1. The van der Waals surface area contributed by atoms with Crippen LogP contribution in [0.1, 0.15) is 29.3 Å². The Morgan fingerprint density at radius 2 is 2.29 bits per heavy atom. The highest BCUT2D eigenvalue weighted by molar-refractivity contribution is 9.09. The lowest BCUT2D eigenvalue weighted by Crippen LogP contribution is -2.38.